The van der Waals surface area contributed by atoms with Crippen LogP contribution in [0.1, 0.15) is 41.1 Å². The Bertz CT molecular complexity index is 853. The van der Waals surface area contributed by atoms with E-state index in [2.05, 4.69) is 15.8 Å². The third kappa shape index (κ3) is 4.31. The Morgan fingerprint density at radius 3 is 2.56 bits per heavy atom. The topological polar surface area (TPSA) is 91.4 Å². The van der Waals surface area contributed by atoms with Crippen LogP contribution in [0.3, 0.4) is 0 Å². The maximum absolute atomic E-state index is 12.4. The SMILES string of the molecule is Cc1cccc(C(=O)NNC(=O)C2CC(=O)N(C(C)c3ccccc3)C2)n1. The van der Waals surface area contributed by atoms with Crippen LogP contribution in [0.5, 0.6) is 0 Å². The average molecular weight is 366 g/mol. The number of pyridine rings is 1. The van der Waals surface area contributed by atoms with Gasteiger partial charge in [-0.05, 0) is 31.5 Å². The number of hydrogen-bond acceptors (Lipinski definition) is 4. The van der Waals surface area contributed by atoms with Crippen molar-refractivity contribution in [3.8, 4) is 0 Å². The summed E-state index contributed by atoms with van der Waals surface area (Å²) in [4.78, 5) is 42.6. The summed E-state index contributed by atoms with van der Waals surface area (Å²) in [7, 11) is 0. The smallest absolute Gasteiger partial charge is 0.288 e. The third-order valence-electron chi connectivity index (χ3n) is 4.70. The van der Waals surface area contributed by atoms with Crippen molar-refractivity contribution >= 4 is 17.7 Å². The van der Waals surface area contributed by atoms with Crippen LogP contribution in [0.15, 0.2) is 48.5 Å². The minimum absolute atomic E-state index is 0.0711. The number of carbonyl (C=O) groups excluding carboxylic acids is 3. The molecule has 7 heteroatoms. The summed E-state index contributed by atoms with van der Waals surface area (Å²) in [6.45, 7) is 4.04. The number of likely N-dealkylation sites (tertiary alicyclic amines) is 1. The predicted molar refractivity (Wildman–Crippen MR) is 99.3 cm³/mol. The van der Waals surface area contributed by atoms with Crippen LogP contribution in [-0.4, -0.2) is 34.2 Å². The summed E-state index contributed by atoms with van der Waals surface area (Å²) >= 11 is 0. The number of aromatic nitrogens is 1. The van der Waals surface area contributed by atoms with Gasteiger partial charge in [0.1, 0.15) is 5.69 Å². The molecule has 1 aliphatic heterocycles. The van der Waals surface area contributed by atoms with Crippen molar-refractivity contribution in [3.05, 3.63) is 65.5 Å². The number of benzene rings is 1. The van der Waals surface area contributed by atoms with Gasteiger partial charge in [0.05, 0.1) is 12.0 Å². The van der Waals surface area contributed by atoms with Gasteiger partial charge in [-0.15, -0.1) is 0 Å². The Morgan fingerprint density at radius 1 is 1.11 bits per heavy atom. The first-order valence-electron chi connectivity index (χ1n) is 8.84. The van der Waals surface area contributed by atoms with Crippen molar-refractivity contribution in [3.63, 3.8) is 0 Å². The third-order valence-corrected chi connectivity index (χ3v) is 4.70. The molecule has 1 fully saturated rings. The van der Waals surface area contributed by atoms with Gasteiger partial charge in [0.25, 0.3) is 5.91 Å². The van der Waals surface area contributed by atoms with E-state index in [1.54, 1.807) is 30.0 Å². The number of nitrogens with one attached hydrogen (secondary N) is 2. The van der Waals surface area contributed by atoms with Crippen LogP contribution in [0.2, 0.25) is 0 Å². The Kier molecular flexibility index (Phi) is 5.49. The fourth-order valence-electron chi connectivity index (χ4n) is 3.15. The average Bonchev–Trinajstić information content (AvgIpc) is 3.07. The first-order valence-corrected chi connectivity index (χ1v) is 8.84. The van der Waals surface area contributed by atoms with E-state index in [1.807, 2.05) is 37.3 Å². The monoisotopic (exact) mass is 366 g/mol. The Labute approximate surface area is 157 Å². The molecular weight excluding hydrogens is 344 g/mol. The molecule has 2 aromatic rings. The van der Waals surface area contributed by atoms with Gasteiger partial charge in [0.15, 0.2) is 0 Å². The molecule has 0 spiro atoms. The molecule has 140 valence electrons. The molecule has 2 atom stereocenters. The van der Waals surface area contributed by atoms with E-state index in [0.717, 1.165) is 5.56 Å². The van der Waals surface area contributed by atoms with E-state index < -0.39 is 11.8 Å². The molecule has 0 radical (unpaired) electrons. The highest BCUT2D eigenvalue weighted by Gasteiger charge is 2.37. The minimum atomic E-state index is -0.505. The lowest BCUT2D eigenvalue weighted by Crippen LogP contribution is -2.45. The fraction of sp³-hybridized carbons (Fsp3) is 0.300. The lowest BCUT2D eigenvalue weighted by Gasteiger charge is -2.25. The van der Waals surface area contributed by atoms with Crippen molar-refractivity contribution in [1.29, 1.82) is 0 Å². The van der Waals surface area contributed by atoms with Gasteiger partial charge >= 0.3 is 0 Å². The number of hydrazine groups is 1. The predicted octanol–water partition coefficient (Wildman–Crippen LogP) is 1.76. The number of carbonyl (C=O) groups is 3. The van der Waals surface area contributed by atoms with Crippen LogP contribution >= 0.6 is 0 Å². The normalized spacial score (nSPS) is 17.5. The van der Waals surface area contributed by atoms with Gasteiger partial charge in [0, 0.05) is 18.7 Å². The van der Waals surface area contributed by atoms with Crippen LogP contribution in [0, 0.1) is 12.8 Å². The molecule has 1 saturated heterocycles. The maximum atomic E-state index is 12.4. The fourth-order valence-corrected chi connectivity index (χ4v) is 3.15. The molecule has 1 aromatic heterocycles. The molecule has 3 rings (SSSR count). The van der Waals surface area contributed by atoms with Gasteiger partial charge in [-0.1, -0.05) is 36.4 Å². The largest absolute Gasteiger partial charge is 0.335 e. The van der Waals surface area contributed by atoms with Gasteiger partial charge in [-0.25, -0.2) is 4.98 Å². The zero-order chi connectivity index (χ0) is 19.4. The molecule has 1 aliphatic rings. The van der Waals surface area contributed by atoms with Crippen LogP contribution in [0.4, 0.5) is 0 Å². The Hall–Kier alpha value is -3.22. The summed E-state index contributed by atoms with van der Waals surface area (Å²) < 4.78 is 0. The zero-order valence-electron chi connectivity index (χ0n) is 15.3. The quantitative estimate of drug-likeness (QED) is 0.807. The number of aryl methyl sites for hydroxylation is 1. The molecule has 2 heterocycles. The van der Waals surface area contributed by atoms with Crippen molar-refractivity contribution in [2.45, 2.75) is 26.3 Å². The van der Waals surface area contributed by atoms with Gasteiger partial charge in [0.2, 0.25) is 11.8 Å². The maximum Gasteiger partial charge on any atom is 0.288 e. The second kappa shape index (κ2) is 7.99. The lowest BCUT2D eigenvalue weighted by molar-refractivity contribution is -0.130. The summed E-state index contributed by atoms with van der Waals surface area (Å²) in [5.74, 6) is -1.45. The summed E-state index contributed by atoms with van der Waals surface area (Å²) in [6.07, 6.45) is 0.127. The van der Waals surface area contributed by atoms with Crippen molar-refractivity contribution in [2.24, 2.45) is 5.92 Å². The Balaban J connectivity index is 1.57. The van der Waals surface area contributed by atoms with Gasteiger partial charge in [-0.2, -0.15) is 0 Å². The van der Waals surface area contributed by atoms with Crippen LogP contribution in [-0.2, 0) is 9.59 Å². The summed E-state index contributed by atoms with van der Waals surface area (Å²) in [6, 6.07) is 14.6. The first-order chi connectivity index (χ1) is 13.0. The number of nitrogens with zero attached hydrogens (tertiary/aromatic N) is 2. The second-order valence-corrected chi connectivity index (χ2v) is 6.64. The zero-order valence-corrected chi connectivity index (χ0v) is 15.3. The summed E-state index contributed by atoms with van der Waals surface area (Å²) in [5, 5.41) is 0. The molecule has 7 nitrogen and oxygen atoms in total. The van der Waals surface area contributed by atoms with Crippen LogP contribution < -0.4 is 10.9 Å². The molecule has 0 aliphatic carbocycles. The molecule has 27 heavy (non-hydrogen) atoms. The standard InChI is InChI=1S/C20H22N4O3/c1-13-7-6-10-17(21-13)20(27)23-22-19(26)16-11-18(25)24(12-16)14(2)15-8-4-3-5-9-15/h3-10,14,16H,11-12H2,1-2H3,(H,22,26)(H,23,27). The summed E-state index contributed by atoms with van der Waals surface area (Å²) in [5.41, 5.74) is 6.72. The van der Waals surface area contributed by atoms with E-state index in [4.69, 9.17) is 0 Å². The van der Waals surface area contributed by atoms with Crippen molar-refractivity contribution < 1.29 is 14.4 Å². The molecular formula is C20H22N4O3. The molecule has 0 bridgehead atoms. The first kappa shape index (κ1) is 18.6. The van der Waals surface area contributed by atoms with Gasteiger partial charge in [-0.3, -0.25) is 25.2 Å². The molecule has 2 unspecified atom stereocenters. The van der Waals surface area contributed by atoms with Gasteiger partial charge < -0.3 is 4.90 Å². The number of hydrogen-bond donors (Lipinski definition) is 2. The minimum Gasteiger partial charge on any atom is -0.335 e. The highest BCUT2D eigenvalue weighted by Crippen LogP contribution is 2.28. The van der Waals surface area contributed by atoms with E-state index in [1.165, 1.54) is 0 Å². The lowest BCUT2D eigenvalue weighted by atomic mass is 10.1. The number of rotatable bonds is 4. The van der Waals surface area contributed by atoms with E-state index >= 15 is 0 Å². The van der Waals surface area contributed by atoms with Crippen LogP contribution in [0.25, 0.3) is 0 Å². The van der Waals surface area contributed by atoms with Crippen molar-refractivity contribution in [1.82, 2.24) is 20.7 Å². The van der Waals surface area contributed by atoms with E-state index in [-0.39, 0.29) is 30.0 Å². The highest BCUT2D eigenvalue weighted by atomic mass is 16.2. The van der Waals surface area contributed by atoms with Crippen molar-refractivity contribution in [2.75, 3.05) is 6.54 Å². The van der Waals surface area contributed by atoms with E-state index in [9.17, 15) is 14.4 Å². The number of amides is 3. The molecule has 2 N–H and O–H groups in total. The highest BCUT2D eigenvalue weighted by molar-refractivity contribution is 5.95. The second-order valence-electron chi connectivity index (χ2n) is 6.64. The molecule has 3 amide bonds. The molecule has 1 aromatic carbocycles. The molecule has 0 saturated carbocycles. The van der Waals surface area contributed by atoms with E-state index in [0.29, 0.717) is 12.2 Å². The Morgan fingerprint density at radius 2 is 1.85 bits per heavy atom.